The number of hydrogen-bond donors (Lipinski definition) is 0. The first-order chi connectivity index (χ1) is 7.24. The zero-order valence-corrected chi connectivity index (χ0v) is 10.5. The maximum Gasteiger partial charge on any atom is 0.136 e. The van der Waals surface area contributed by atoms with Crippen LogP contribution in [0.2, 0.25) is 0 Å². The molecule has 78 valence electrons. The van der Waals surface area contributed by atoms with E-state index in [-0.39, 0.29) is 0 Å². The Morgan fingerprint density at radius 1 is 1.27 bits per heavy atom. The molecule has 1 aromatic carbocycles. The molecule has 0 aliphatic heterocycles. The van der Waals surface area contributed by atoms with Crippen molar-refractivity contribution < 1.29 is 0 Å². The van der Waals surface area contributed by atoms with Gasteiger partial charge in [0.25, 0.3) is 0 Å². The first-order valence-corrected chi connectivity index (χ1v) is 5.77. The third-order valence-corrected chi connectivity index (χ3v) is 3.26. The molecule has 0 spiro atoms. The Balaban J connectivity index is 2.71. The lowest BCUT2D eigenvalue weighted by atomic mass is 10.1. The summed E-state index contributed by atoms with van der Waals surface area (Å²) in [6.45, 7) is 3.08. The topological polar surface area (TPSA) is 16.1 Å². The van der Waals surface area contributed by atoms with E-state index in [1.165, 1.54) is 10.8 Å². The van der Waals surface area contributed by atoms with E-state index in [1.807, 2.05) is 18.3 Å². The standard InChI is InChI=1S/C12H13BrN2/c1-3-15(2)12-10-5-4-6-11(13)9(10)7-8-14-12/h4-8H,3H2,1-2H3. The van der Waals surface area contributed by atoms with Gasteiger partial charge in [0, 0.05) is 35.0 Å². The van der Waals surface area contributed by atoms with E-state index in [0.29, 0.717) is 0 Å². The van der Waals surface area contributed by atoms with Gasteiger partial charge in [0.05, 0.1) is 0 Å². The van der Waals surface area contributed by atoms with E-state index in [0.717, 1.165) is 16.8 Å². The van der Waals surface area contributed by atoms with Gasteiger partial charge in [0.2, 0.25) is 0 Å². The molecule has 0 aliphatic carbocycles. The minimum atomic E-state index is 0.957. The van der Waals surface area contributed by atoms with E-state index in [1.54, 1.807) is 0 Å². The molecule has 3 heteroatoms. The number of halogens is 1. The van der Waals surface area contributed by atoms with Crippen molar-refractivity contribution in [3.8, 4) is 0 Å². The van der Waals surface area contributed by atoms with Crippen LogP contribution in [0.1, 0.15) is 6.92 Å². The molecule has 0 unspecified atom stereocenters. The molecule has 0 saturated heterocycles. The van der Waals surface area contributed by atoms with Crippen LogP contribution in [-0.4, -0.2) is 18.6 Å². The van der Waals surface area contributed by atoms with Crippen molar-refractivity contribution in [1.82, 2.24) is 4.98 Å². The van der Waals surface area contributed by atoms with Crippen LogP contribution >= 0.6 is 15.9 Å². The summed E-state index contributed by atoms with van der Waals surface area (Å²) in [4.78, 5) is 6.57. The number of hydrogen-bond acceptors (Lipinski definition) is 2. The second-order valence-electron chi connectivity index (χ2n) is 3.48. The highest BCUT2D eigenvalue weighted by atomic mass is 79.9. The molecular formula is C12H13BrN2. The molecule has 0 bridgehead atoms. The number of benzene rings is 1. The lowest BCUT2D eigenvalue weighted by Gasteiger charge is -2.17. The molecule has 15 heavy (non-hydrogen) atoms. The number of nitrogens with zero attached hydrogens (tertiary/aromatic N) is 2. The third kappa shape index (κ3) is 1.84. The van der Waals surface area contributed by atoms with Gasteiger partial charge in [-0.2, -0.15) is 0 Å². The van der Waals surface area contributed by atoms with E-state index in [2.05, 4.69) is 51.9 Å². The normalized spacial score (nSPS) is 10.6. The number of pyridine rings is 1. The van der Waals surface area contributed by atoms with Gasteiger partial charge in [-0.3, -0.25) is 0 Å². The van der Waals surface area contributed by atoms with Crippen molar-refractivity contribution in [2.75, 3.05) is 18.5 Å². The van der Waals surface area contributed by atoms with Crippen molar-refractivity contribution in [3.63, 3.8) is 0 Å². The average Bonchev–Trinajstić information content (AvgIpc) is 2.28. The molecule has 1 heterocycles. The minimum absolute atomic E-state index is 0.957. The van der Waals surface area contributed by atoms with Gasteiger partial charge >= 0.3 is 0 Å². The van der Waals surface area contributed by atoms with Gasteiger partial charge in [-0.05, 0) is 19.1 Å². The van der Waals surface area contributed by atoms with Crippen LogP contribution in [-0.2, 0) is 0 Å². The fourth-order valence-electron chi connectivity index (χ4n) is 1.61. The van der Waals surface area contributed by atoms with Gasteiger partial charge in [-0.25, -0.2) is 4.98 Å². The molecule has 2 nitrogen and oxygen atoms in total. The van der Waals surface area contributed by atoms with Crippen molar-refractivity contribution in [3.05, 3.63) is 34.9 Å². The maximum atomic E-state index is 4.42. The Kier molecular flexibility index (Phi) is 2.91. The van der Waals surface area contributed by atoms with Crippen LogP contribution in [0.25, 0.3) is 10.8 Å². The Bertz CT molecular complexity index is 482. The quantitative estimate of drug-likeness (QED) is 0.826. The summed E-state index contributed by atoms with van der Waals surface area (Å²) < 4.78 is 1.12. The molecule has 0 saturated carbocycles. The zero-order valence-electron chi connectivity index (χ0n) is 8.87. The molecule has 0 radical (unpaired) electrons. The fraction of sp³-hybridized carbons (Fsp3) is 0.250. The van der Waals surface area contributed by atoms with Crippen LogP contribution in [0.15, 0.2) is 34.9 Å². The summed E-state index contributed by atoms with van der Waals surface area (Å²) in [7, 11) is 2.06. The molecule has 0 amide bonds. The largest absolute Gasteiger partial charge is 0.359 e. The Morgan fingerprint density at radius 2 is 2.07 bits per heavy atom. The third-order valence-electron chi connectivity index (χ3n) is 2.57. The lowest BCUT2D eigenvalue weighted by Crippen LogP contribution is -2.17. The smallest absolute Gasteiger partial charge is 0.136 e. The van der Waals surface area contributed by atoms with Gasteiger partial charge in [-0.15, -0.1) is 0 Å². The van der Waals surface area contributed by atoms with Crippen LogP contribution in [0.3, 0.4) is 0 Å². The second-order valence-corrected chi connectivity index (χ2v) is 4.34. The summed E-state index contributed by atoms with van der Waals surface area (Å²) in [5.74, 6) is 1.04. The van der Waals surface area contributed by atoms with Crippen molar-refractivity contribution in [2.45, 2.75) is 6.92 Å². The maximum absolute atomic E-state index is 4.42. The van der Waals surface area contributed by atoms with Gasteiger partial charge in [0.15, 0.2) is 0 Å². The van der Waals surface area contributed by atoms with Crippen molar-refractivity contribution >= 4 is 32.5 Å². The summed E-state index contributed by atoms with van der Waals surface area (Å²) in [6.07, 6.45) is 1.86. The van der Waals surface area contributed by atoms with Crippen LogP contribution in [0.4, 0.5) is 5.82 Å². The number of fused-ring (bicyclic) bond motifs is 1. The molecule has 0 atom stereocenters. The van der Waals surface area contributed by atoms with Crippen LogP contribution in [0.5, 0.6) is 0 Å². The molecule has 1 aromatic heterocycles. The first kappa shape index (κ1) is 10.4. The monoisotopic (exact) mass is 264 g/mol. The van der Waals surface area contributed by atoms with Gasteiger partial charge in [0.1, 0.15) is 5.82 Å². The molecule has 2 rings (SSSR count). The average molecular weight is 265 g/mol. The van der Waals surface area contributed by atoms with Crippen molar-refractivity contribution in [2.24, 2.45) is 0 Å². The Hall–Kier alpha value is -1.09. The summed E-state index contributed by atoms with van der Waals surface area (Å²) in [6, 6.07) is 8.24. The molecular weight excluding hydrogens is 252 g/mol. The van der Waals surface area contributed by atoms with E-state index in [9.17, 15) is 0 Å². The Labute approximate surface area is 98.1 Å². The van der Waals surface area contributed by atoms with Gasteiger partial charge in [-0.1, -0.05) is 28.1 Å². The predicted octanol–water partition coefficient (Wildman–Crippen LogP) is 3.45. The number of aromatic nitrogens is 1. The molecule has 0 aliphatic rings. The Morgan fingerprint density at radius 3 is 2.80 bits per heavy atom. The van der Waals surface area contributed by atoms with E-state index in [4.69, 9.17) is 0 Å². The lowest BCUT2D eigenvalue weighted by molar-refractivity contribution is 0.946. The predicted molar refractivity (Wildman–Crippen MR) is 68.4 cm³/mol. The number of anilines is 1. The highest BCUT2D eigenvalue weighted by Crippen LogP contribution is 2.28. The zero-order chi connectivity index (χ0) is 10.8. The first-order valence-electron chi connectivity index (χ1n) is 4.98. The highest BCUT2D eigenvalue weighted by molar-refractivity contribution is 9.10. The molecule has 2 aromatic rings. The van der Waals surface area contributed by atoms with Gasteiger partial charge < -0.3 is 4.90 Å². The summed E-state index contributed by atoms with van der Waals surface area (Å²) in [5.41, 5.74) is 0. The molecule has 0 N–H and O–H groups in total. The minimum Gasteiger partial charge on any atom is -0.359 e. The SMILES string of the molecule is CCN(C)c1nccc2c(Br)cccc12. The fourth-order valence-corrected chi connectivity index (χ4v) is 2.11. The van der Waals surface area contributed by atoms with Crippen LogP contribution in [0, 0.1) is 0 Å². The van der Waals surface area contributed by atoms with Crippen molar-refractivity contribution in [1.29, 1.82) is 0 Å². The summed E-state index contributed by atoms with van der Waals surface area (Å²) in [5, 5.41) is 2.40. The number of rotatable bonds is 2. The highest BCUT2D eigenvalue weighted by Gasteiger charge is 2.06. The summed E-state index contributed by atoms with van der Waals surface area (Å²) >= 11 is 3.56. The van der Waals surface area contributed by atoms with Crippen LogP contribution < -0.4 is 4.90 Å². The second kappa shape index (κ2) is 4.19. The van der Waals surface area contributed by atoms with E-state index < -0.39 is 0 Å². The van der Waals surface area contributed by atoms with E-state index >= 15 is 0 Å². The molecule has 0 fully saturated rings.